The molecule has 0 bridgehead atoms. The Hall–Kier alpha value is -4.73. The highest BCUT2D eigenvalue weighted by Crippen LogP contribution is 2.34. The smallest absolute Gasteiger partial charge is 0.343 e. The van der Waals surface area contributed by atoms with Gasteiger partial charge in [-0.15, -0.1) is 0 Å². The lowest BCUT2D eigenvalue weighted by molar-refractivity contribution is -0.120. The van der Waals surface area contributed by atoms with Crippen LogP contribution in [0.4, 0.5) is 0 Å². The molecular formula is C26H24N2O8. The first-order valence-electron chi connectivity index (χ1n) is 10.8. The first-order chi connectivity index (χ1) is 17.5. The molecule has 1 heterocycles. The van der Waals surface area contributed by atoms with Gasteiger partial charge in [0.25, 0.3) is 0 Å². The molecule has 3 aromatic rings. The van der Waals surface area contributed by atoms with Crippen LogP contribution in [-0.2, 0) is 11.2 Å². The van der Waals surface area contributed by atoms with Crippen LogP contribution in [-0.4, -0.2) is 46.2 Å². The average Bonchev–Trinajstić information content (AvgIpc) is 3.37. The zero-order valence-electron chi connectivity index (χ0n) is 19.9. The zero-order chi connectivity index (χ0) is 25.5. The fourth-order valence-electron chi connectivity index (χ4n) is 3.43. The first kappa shape index (κ1) is 24.4. The molecule has 1 aliphatic heterocycles. The predicted molar refractivity (Wildman–Crippen MR) is 130 cm³/mol. The monoisotopic (exact) mass is 492 g/mol. The molecule has 0 aliphatic carbocycles. The average molecular weight is 492 g/mol. The Bertz CT molecular complexity index is 1310. The van der Waals surface area contributed by atoms with Crippen molar-refractivity contribution in [2.24, 2.45) is 5.10 Å². The summed E-state index contributed by atoms with van der Waals surface area (Å²) in [6, 6.07) is 14.9. The minimum atomic E-state index is -0.574. The molecule has 0 radical (unpaired) electrons. The number of nitrogens with one attached hydrogen (secondary N) is 1. The van der Waals surface area contributed by atoms with Crippen LogP contribution in [0.1, 0.15) is 21.5 Å². The Morgan fingerprint density at radius 2 is 1.58 bits per heavy atom. The molecule has 0 saturated heterocycles. The number of hydrogen-bond donors (Lipinski definition) is 1. The van der Waals surface area contributed by atoms with E-state index in [0.29, 0.717) is 39.9 Å². The summed E-state index contributed by atoms with van der Waals surface area (Å²) in [5, 5.41) is 3.99. The molecule has 0 spiro atoms. The number of hydrazone groups is 1. The number of benzene rings is 3. The molecule has 0 atom stereocenters. The molecule has 10 nitrogen and oxygen atoms in total. The molecule has 1 aliphatic rings. The van der Waals surface area contributed by atoms with Crippen LogP contribution < -0.4 is 33.8 Å². The number of nitrogens with zero attached hydrogens (tertiary/aromatic N) is 1. The van der Waals surface area contributed by atoms with E-state index in [0.717, 1.165) is 5.56 Å². The van der Waals surface area contributed by atoms with E-state index in [1.54, 1.807) is 61.7 Å². The lowest BCUT2D eigenvalue weighted by Gasteiger charge is -2.10. The van der Waals surface area contributed by atoms with E-state index < -0.39 is 5.97 Å². The number of methoxy groups -OCH3 is 3. The summed E-state index contributed by atoms with van der Waals surface area (Å²) in [5.74, 6) is 1.85. The molecular weight excluding hydrogens is 468 g/mol. The van der Waals surface area contributed by atoms with Gasteiger partial charge in [0.05, 0.1) is 39.5 Å². The first-order valence-corrected chi connectivity index (χ1v) is 10.8. The van der Waals surface area contributed by atoms with Crippen molar-refractivity contribution in [3.8, 4) is 34.5 Å². The van der Waals surface area contributed by atoms with Crippen molar-refractivity contribution >= 4 is 18.1 Å². The number of fused-ring (bicyclic) bond motifs is 1. The molecule has 0 saturated carbocycles. The number of carbonyl (C=O) groups is 2. The Morgan fingerprint density at radius 3 is 2.36 bits per heavy atom. The van der Waals surface area contributed by atoms with Gasteiger partial charge in [0.15, 0.2) is 34.5 Å². The number of rotatable bonds is 9. The number of carbonyl (C=O) groups excluding carboxylic acids is 2. The van der Waals surface area contributed by atoms with E-state index in [1.807, 2.05) is 0 Å². The van der Waals surface area contributed by atoms with Crippen LogP contribution in [0.2, 0.25) is 0 Å². The van der Waals surface area contributed by atoms with Crippen LogP contribution in [0.5, 0.6) is 34.5 Å². The molecule has 0 fully saturated rings. The van der Waals surface area contributed by atoms with Crippen LogP contribution in [0.3, 0.4) is 0 Å². The Balaban J connectivity index is 1.36. The summed E-state index contributed by atoms with van der Waals surface area (Å²) < 4.78 is 31.8. The number of ether oxygens (including phenoxy) is 6. The van der Waals surface area contributed by atoms with Crippen molar-refractivity contribution in [1.82, 2.24) is 5.43 Å². The summed E-state index contributed by atoms with van der Waals surface area (Å²) in [7, 11) is 4.53. The molecule has 3 aromatic carbocycles. The van der Waals surface area contributed by atoms with E-state index in [-0.39, 0.29) is 24.9 Å². The van der Waals surface area contributed by atoms with E-state index in [9.17, 15) is 9.59 Å². The van der Waals surface area contributed by atoms with Gasteiger partial charge in [0.1, 0.15) is 0 Å². The number of amides is 1. The van der Waals surface area contributed by atoms with Gasteiger partial charge in [-0.1, -0.05) is 6.07 Å². The maximum atomic E-state index is 12.6. The third-order valence-electron chi connectivity index (χ3n) is 5.21. The van der Waals surface area contributed by atoms with Crippen LogP contribution in [0, 0.1) is 0 Å². The second kappa shape index (κ2) is 11.1. The van der Waals surface area contributed by atoms with Gasteiger partial charge in [-0.2, -0.15) is 5.10 Å². The lowest BCUT2D eigenvalue weighted by atomic mass is 10.1. The molecule has 186 valence electrons. The van der Waals surface area contributed by atoms with Gasteiger partial charge in [0.2, 0.25) is 12.7 Å². The SMILES string of the molecule is COc1ccc(CC(=O)N/N=C\c2ccc(OC(=O)c3ccc4c(c3)OCO4)c(OC)c2)cc1OC. The minimum absolute atomic E-state index is 0.107. The molecule has 4 rings (SSSR count). The quantitative estimate of drug-likeness (QED) is 0.209. The second-order valence-corrected chi connectivity index (χ2v) is 7.53. The second-order valence-electron chi connectivity index (χ2n) is 7.53. The van der Waals surface area contributed by atoms with E-state index in [1.165, 1.54) is 20.4 Å². The standard InChI is InChI=1S/C26H24N2O8/c1-31-19-7-4-16(10-22(19)32-2)12-25(29)28-27-14-17-5-8-21(23(11-17)33-3)36-26(30)18-6-9-20-24(13-18)35-15-34-20/h4-11,13-14H,12,15H2,1-3H3,(H,28,29)/b27-14-. The van der Waals surface area contributed by atoms with Crippen LogP contribution in [0.25, 0.3) is 0 Å². The molecule has 10 heteroatoms. The van der Waals surface area contributed by atoms with Gasteiger partial charge in [-0.3, -0.25) is 4.79 Å². The number of esters is 1. The van der Waals surface area contributed by atoms with Crippen molar-refractivity contribution in [3.05, 3.63) is 71.3 Å². The zero-order valence-corrected chi connectivity index (χ0v) is 19.9. The molecule has 1 N–H and O–H groups in total. The van der Waals surface area contributed by atoms with Gasteiger partial charge < -0.3 is 28.4 Å². The highest BCUT2D eigenvalue weighted by Gasteiger charge is 2.18. The van der Waals surface area contributed by atoms with Crippen molar-refractivity contribution < 1.29 is 38.0 Å². The van der Waals surface area contributed by atoms with Crippen LogP contribution >= 0.6 is 0 Å². The fraction of sp³-hybridized carbons (Fsp3) is 0.192. The number of hydrogen-bond acceptors (Lipinski definition) is 9. The predicted octanol–water partition coefficient (Wildman–Crippen LogP) is 3.35. The molecule has 1 amide bonds. The van der Waals surface area contributed by atoms with Crippen molar-refractivity contribution in [2.75, 3.05) is 28.1 Å². The summed E-state index contributed by atoms with van der Waals surface area (Å²) >= 11 is 0. The largest absolute Gasteiger partial charge is 0.493 e. The Morgan fingerprint density at radius 1 is 0.861 bits per heavy atom. The summed E-state index contributed by atoms with van der Waals surface area (Å²) in [6.45, 7) is 0.112. The normalized spacial score (nSPS) is 11.8. The third-order valence-corrected chi connectivity index (χ3v) is 5.21. The van der Waals surface area contributed by atoms with Gasteiger partial charge >= 0.3 is 5.97 Å². The minimum Gasteiger partial charge on any atom is -0.493 e. The van der Waals surface area contributed by atoms with Crippen molar-refractivity contribution in [1.29, 1.82) is 0 Å². The summed E-state index contributed by atoms with van der Waals surface area (Å²) in [6.07, 6.45) is 1.56. The summed E-state index contributed by atoms with van der Waals surface area (Å²) in [4.78, 5) is 24.8. The van der Waals surface area contributed by atoms with E-state index >= 15 is 0 Å². The van der Waals surface area contributed by atoms with Crippen molar-refractivity contribution in [2.45, 2.75) is 6.42 Å². The molecule has 0 aromatic heterocycles. The Labute approximate surface area is 207 Å². The third kappa shape index (κ3) is 5.66. The maximum absolute atomic E-state index is 12.6. The van der Waals surface area contributed by atoms with Gasteiger partial charge in [-0.25, -0.2) is 10.2 Å². The molecule has 36 heavy (non-hydrogen) atoms. The summed E-state index contributed by atoms with van der Waals surface area (Å²) in [5.41, 5.74) is 4.16. The van der Waals surface area contributed by atoms with Crippen LogP contribution in [0.15, 0.2) is 59.7 Å². The van der Waals surface area contributed by atoms with Gasteiger partial charge in [0, 0.05) is 0 Å². The highest BCUT2D eigenvalue weighted by molar-refractivity contribution is 5.92. The van der Waals surface area contributed by atoms with E-state index in [4.69, 9.17) is 28.4 Å². The highest BCUT2D eigenvalue weighted by atomic mass is 16.7. The van der Waals surface area contributed by atoms with Gasteiger partial charge in [-0.05, 0) is 59.7 Å². The maximum Gasteiger partial charge on any atom is 0.343 e. The van der Waals surface area contributed by atoms with E-state index in [2.05, 4.69) is 10.5 Å². The molecule has 0 unspecified atom stereocenters. The fourth-order valence-corrected chi connectivity index (χ4v) is 3.43. The topological polar surface area (TPSA) is 114 Å². The van der Waals surface area contributed by atoms with Crippen molar-refractivity contribution in [3.63, 3.8) is 0 Å². The Kier molecular flexibility index (Phi) is 7.54. The lowest BCUT2D eigenvalue weighted by Crippen LogP contribution is -2.19.